The summed E-state index contributed by atoms with van der Waals surface area (Å²) >= 11 is 0. The lowest BCUT2D eigenvalue weighted by molar-refractivity contribution is 0.0115. The highest BCUT2D eigenvalue weighted by Gasteiger charge is 2.37. The Hall–Kier alpha value is -3.98. The van der Waals surface area contributed by atoms with Crippen LogP contribution in [0.25, 0.3) is 44.7 Å². The number of pyridine rings is 3. The van der Waals surface area contributed by atoms with Crippen molar-refractivity contribution in [3.05, 3.63) is 73.1 Å². The minimum absolute atomic E-state index is 0.0904. The molecule has 170 valence electrons. The number of hydrogen-bond donors (Lipinski definition) is 2. The van der Waals surface area contributed by atoms with Gasteiger partial charge in [0.2, 0.25) is 0 Å². The van der Waals surface area contributed by atoms with Crippen LogP contribution in [-0.4, -0.2) is 54.0 Å². The predicted octanol–water partition coefficient (Wildman–Crippen LogP) is 4.92. The van der Waals surface area contributed by atoms with Crippen LogP contribution in [0.3, 0.4) is 0 Å². The third-order valence-corrected chi connectivity index (χ3v) is 6.15. The molecule has 6 rings (SSSR count). The summed E-state index contributed by atoms with van der Waals surface area (Å²) < 4.78 is 27.0. The van der Waals surface area contributed by atoms with Gasteiger partial charge in [0.05, 0.1) is 29.6 Å². The van der Waals surface area contributed by atoms with Crippen LogP contribution in [0.4, 0.5) is 8.78 Å². The van der Waals surface area contributed by atoms with Gasteiger partial charge in [0.25, 0.3) is 5.92 Å². The summed E-state index contributed by atoms with van der Waals surface area (Å²) in [7, 11) is 0. The van der Waals surface area contributed by atoms with Crippen molar-refractivity contribution in [2.75, 3.05) is 13.1 Å². The van der Waals surface area contributed by atoms with Crippen molar-refractivity contribution < 1.29 is 8.78 Å². The van der Waals surface area contributed by atoms with Crippen molar-refractivity contribution >= 4 is 10.9 Å². The van der Waals surface area contributed by atoms with Gasteiger partial charge in [-0.2, -0.15) is 5.10 Å². The zero-order valence-corrected chi connectivity index (χ0v) is 18.2. The topological polar surface area (TPSA) is 86.4 Å². The summed E-state index contributed by atoms with van der Waals surface area (Å²) in [5, 5.41) is 8.61. The minimum atomic E-state index is -2.60. The Balaban J connectivity index is 1.28. The van der Waals surface area contributed by atoms with Crippen LogP contribution in [0.1, 0.15) is 12.0 Å². The fourth-order valence-corrected chi connectivity index (χ4v) is 4.48. The van der Waals surface area contributed by atoms with Gasteiger partial charge in [0, 0.05) is 67.0 Å². The number of likely N-dealkylation sites (tertiary alicyclic amines) is 1. The third-order valence-electron chi connectivity index (χ3n) is 6.15. The van der Waals surface area contributed by atoms with E-state index >= 15 is 0 Å². The average Bonchev–Trinajstić information content (AvgIpc) is 3.57. The molecule has 1 aliphatic rings. The van der Waals surface area contributed by atoms with Crippen molar-refractivity contribution in [2.45, 2.75) is 18.9 Å². The van der Waals surface area contributed by atoms with Gasteiger partial charge >= 0.3 is 0 Å². The van der Waals surface area contributed by atoms with Gasteiger partial charge in [0.1, 0.15) is 5.69 Å². The standard InChI is InChI=1S/C25H21F2N7/c26-25(27)3-6-34(15-25)14-16-7-18(11-29-10-16)21-9-23(33-32-21)22-8-19-20(12-30-13-24(19)31-22)17-1-4-28-5-2-17/h1-2,4-5,7-13,31H,3,6,14-15H2,(H,32,33). The minimum Gasteiger partial charge on any atom is -0.352 e. The summed E-state index contributed by atoms with van der Waals surface area (Å²) in [4.78, 5) is 17.9. The van der Waals surface area contributed by atoms with Gasteiger partial charge < -0.3 is 4.98 Å². The number of rotatable bonds is 5. The van der Waals surface area contributed by atoms with E-state index in [9.17, 15) is 8.78 Å². The molecule has 0 aromatic carbocycles. The van der Waals surface area contributed by atoms with Crippen molar-refractivity contribution in [1.29, 1.82) is 0 Å². The zero-order chi connectivity index (χ0) is 23.1. The molecule has 1 fully saturated rings. The van der Waals surface area contributed by atoms with Crippen LogP contribution in [-0.2, 0) is 6.54 Å². The molecule has 0 saturated carbocycles. The van der Waals surface area contributed by atoms with Gasteiger partial charge in [-0.3, -0.25) is 25.0 Å². The van der Waals surface area contributed by atoms with Crippen molar-refractivity contribution in [3.8, 4) is 33.8 Å². The van der Waals surface area contributed by atoms with Gasteiger partial charge in [-0.25, -0.2) is 8.78 Å². The Morgan fingerprint density at radius 1 is 0.912 bits per heavy atom. The second-order valence-electron chi connectivity index (χ2n) is 8.63. The second kappa shape index (κ2) is 8.11. The fraction of sp³-hybridized carbons (Fsp3) is 0.200. The molecular weight excluding hydrogens is 436 g/mol. The molecule has 5 aromatic heterocycles. The van der Waals surface area contributed by atoms with E-state index in [1.807, 2.05) is 30.5 Å². The Morgan fingerprint density at radius 2 is 1.76 bits per heavy atom. The van der Waals surface area contributed by atoms with E-state index < -0.39 is 5.92 Å². The zero-order valence-electron chi connectivity index (χ0n) is 18.2. The first kappa shape index (κ1) is 20.6. The normalized spacial score (nSPS) is 15.8. The van der Waals surface area contributed by atoms with Crippen molar-refractivity contribution in [1.82, 2.24) is 35.0 Å². The Kier molecular flexibility index (Phi) is 4.91. The number of aromatic amines is 2. The van der Waals surface area contributed by atoms with Crippen LogP contribution >= 0.6 is 0 Å². The van der Waals surface area contributed by atoms with Crippen LogP contribution in [0.15, 0.2) is 67.5 Å². The molecule has 7 nitrogen and oxygen atoms in total. The molecule has 0 aliphatic carbocycles. The Labute approximate surface area is 193 Å². The first-order chi connectivity index (χ1) is 16.5. The van der Waals surface area contributed by atoms with Crippen LogP contribution < -0.4 is 0 Å². The highest BCUT2D eigenvalue weighted by molar-refractivity contribution is 5.97. The molecule has 5 aromatic rings. The van der Waals surface area contributed by atoms with Gasteiger partial charge in [-0.1, -0.05) is 0 Å². The number of halogens is 2. The molecule has 6 heterocycles. The lowest BCUT2D eigenvalue weighted by Crippen LogP contribution is -2.24. The van der Waals surface area contributed by atoms with Gasteiger partial charge in [-0.05, 0) is 41.5 Å². The first-order valence-corrected chi connectivity index (χ1v) is 11.0. The van der Waals surface area contributed by atoms with E-state index in [0.29, 0.717) is 13.1 Å². The van der Waals surface area contributed by atoms with E-state index in [0.717, 1.165) is 50.2 Å². The summed E-state index contributed by atoms with van der Waals surface area (Å²) in [6.07, 6.45) is 10.6. The molecule has 2 N–H and O–H groups in total. The molecule has 34 heavy (non-hydrogen) atoms. The number of nitrogens with zero attached hydrogens (tertiary/aromatic N) is 5. The Morgan fingerprint density at radius 3 is 2.59 bits per heavy atom. The van der Waals surface area contributed by atoms with Crippen LogP contribution in [0.2, 0.25) is 0 Å². The van der Waals surface area contributed by atoms with Crippen molar-refractivity contribution in [2.24, 2.45) is 0 Å². The van der Waals surface area contributed by atoms with Gasteiger partial charge in [0.15, 0.2) is 0 Å². The van der Waals surface area contributed by atoms with Crippen LogP contribution in [0.5, 0.6) is 0 Å². The lowest BCUT2D eigenvalue weighted by atomic mass is 10.1. The lowest BCUT2D eigenvalue weighted by Gasteiger charge is -2.15. The number of hydrogen-bond acceptors (Lipinski definition) is 5. The molecule has 1 aliphatic heterocycles. The molecule has 0 unspecified atom stereocenters. The smallest absolute Gasteiger partial charge is 0.261 e. The molecule has 0 atom stereocenters. The monoisotopic (exact) mass is 457 g/mol. The molecule has 1 saturated heterocycles. The average molecular weight is 457 g/mol. The summed E-state index contributed by atoms with van der Waals surface area (Å²) in [5.41, 5.74) is 7.16. The molecule has 0 spiro atoms. The third kappa shape index (κ3) is 3.94. The van der Waals surface area contributed by atoms with E-state index in [2.05, 4.69) is 36.2 Å². The summed E-state index contributed by atoms with van der Waals surface area (Å²) in [5.74, 6) is -2.60. The molecule has 0 amide bonds. The number of aromatic nitrogens is 6. The van der Waals surface area contributed by atoms with Crippen LogP contribution in [0, 0.1) is 0 Å². The fourth-order valence-electron chi connectivity index (χ4n) is 4.48. The predicted molar refractivity (Wildman–Crippen MR) is 125 cm³/mol. The molecule has 0 radical (unpaired) electrons. The first-order valence-electron chi connectivity index (χ1n) is 11.0. The van der Waals surface area contributed by atoms with E-state index in [1.165, 1.54) is 0 Å². The number of H-pyrrole nitrogens is 2. The molecular formula is C25H21F2N7. The molecule has 0 bridgehead atoms. The van der Waals surface area contributed by atoms with Gasteiger partial charge in [-0.15, -0.1) is 0 Å². The maximum absolute atomic E-state index is 13.5. The molecule has 9 heteroatoms. The van der Waals surface area contributed by atoms with Crippen molar-refractivity contribution in [3.63, 3.8) is 0 Å². The van der Waals surface area contributed by atoms with E-state index in [-0.39, 0.29) is 13.0 Å². The Bertz CT molecular complexity index is 1460. The summed E-state index contributed by atoms with van der Waals surface area (Å²) in [6, 6.07) is 9.90. The summed E-state index contributed by atoms with van der Waals surface area (Å²) in [6.45, 7) is 0.633. The quantitative estimate of drug-likeness (QED) is 0.391. The van der Waals surface area contributed by atoms with E-state index in [1.54, 1.807) is 35.9 Å². The second-order valence-corrected chi connectivity index (χ2v) is 8.63. The highest BCUT2D eigenvalue weighted by Crippen LogP contribution is 2.32. The largest absolute Gasteiger partial charge is 0.352 e. The van der Waals surface area contributed by atoms with E-state index in [4.69, 9.17) is 0 Å². The SMILES string of the molecule is FC1(F)CCN(Cc2cncc(-c3cc(-c4cc5c(-c6ccncc6)cncc5[nH]4)n[nH]3)c2)C1. The maximum Gasteiger partial charge on any atom is 0.261 e. The number of nitrogens with one attached hydrogen (secondary N) is 2. The number of fused-ring (bicyclic) bond motifs is 1. The highest BCUT2D eigenvalue weighted by atomic mass is 19.3. The number of alkyl halides is 2. The maximum atomic E-state index is 13.5.